The van der Waals surface area contributed by atoms with Crippen molar-refractivity contribution in [3.63, 3.8) is 0 Å². The number of carbonyl (C=O) groups is 2. The molecule has 23 heavy (non-hydrogen) atoms. The monoisotopic (exact) mass is 338 g/mol. The minimum Gasteiger partial charge on any atom is -0.456 e. The molecule has 0 fully saturated rings. The van der Waals surface area contributed by atoms with Crippen LogP contribution in [0.2, 0.25) is 5.02 Å². The zero-order valence-corrected chi connectivity index (χ0v) is 12.9. The lowest BCUT2D eigenvalue weighted by Crippen LogP contribution is -2.21. The highest BCUT2D eigenvalue weighted by atomic mass is 35.5. The van der Waals surface area contributed by atoms with Crippen LogP contribution in [0.3, 0.4) is 0 Å². The summed E-state index contributed by atoms with van der Waals surface area (Å²) in [5, 5.41) is 13.1. The Balaban J connectivity index is 1.81. The SMILES string of the molecule is O=C(COC(=O)C[C@H]1C=CCC1)Nc1ccc([N+](=O)[O-])cc1Cl. The molecule has 0 unspecified atom stereocenters. The minimum atomic E-state index is -0.587. The average Bonchev–Trinajstić information content (AvgIpc) is 3.00. The van der Waals surface area contributed by atoms with Gasteiger partial charge in [-0.05, 0) is 24.8 Å². The van der Waals surface area contributed by atoms with Crippen molar-refractivity contribution >= 4 is 34.9 Å². The van der Waals surface area contributed by atoms with E-state index in [1.165, 1.54) is 12.1 Å². The normalized spacial score (nSPS) is 16.1. The first-order valence-electron chi connectivity index (χ1n) is 7.02. The molecule has 0 heterocycles. The number of carbonyl (C=O) groups excluding carboxylic acids is 2. The van der Waals surface area contributed by atoms with E-state index in [1.807, 2.05) is 12.2 Å². The Labute approximate surface area is 137 Å². The molecule has 0 saturated heterocycles. The number of rotatable bonds is 6. The Morgan fingerprint density at radius 3 is 2.83 bits per heavy atom. The number of amides is 1. The molecule has 1 aliphatic carbocycles. The third-order valence-corrected chi connectivity index (χ3v) is 3.66. The van der Waals surface area contributed by atoms with Crippen molar-refractivity contribution < 1.29 is 19.2 Å². The third kappa shape index (κ3) is 5.07. The molecule has 0 bridgehead atoms. The molecule has 1 amide bonds. The summed E-state index contributed by atoms with van der Waals surface area (Å²) < 4.78 is 4.90. The first kappa shape index (κ1) is 17.0. The van der Waals surface area contributed by atoms with E-state index in [1.54, 1.807) is 0 Å². The van der Waals surface area contributed by atoms with Crippen molar-refractivity contribution in [2.45, 2.75) is 19.3 Å². The molecule has 1 atom stereocenters. The maximum Gasteiger partial charge on any atom is 0.306 e. The molecule has 0 aromatic heterocycles. The van der Waals surface area contributed by atoms with Crippen LogP contribution in [-0.2, 0) is 14.3 Å². The molecule has 7 nitrogen and oxygen atoms in total. The molecule has 1 N–H and O–H groups in total. The first-order valence-corrected chi connectivity index (χ1v) is 7.39. The maximum atomic E-state index is 11.7. The summed E-state index contributed by atoms with van der Waals surface area (Å²) in [6.45, 7) is -0.428. The summed E-state index contributed by atoms with van der Waals surface area (Å²) in [4.78, 5) is 33.4. The number of hydrogen-bond donors (Lipinski definition) is 1. The lowest BCUT2D eigenvalue weighted by Gasteiger charge is -2.09. The van der Waals surface area contributed by atoms with Crippen LogP contribution < -0.4 is 5.32 Å². The lowest BCUT2D eigenvalue weighted by atomic mass is 10.1. The van der Waals surface area contributed by atoms with Gasteiger partial charge in [0.1, 0.15) is 0 Å². The highest BCUT2D eigenvalue weighted by Crippen LogP contribution is 2.26. The number of benzene rings is 1. The number of allylic oxidation sites excluding steroid dienone is 2. The van der Waals surface area contributed by atoms with Crippen LogP contribution in [0.1, 0.15) is 19.3 Å². The Morgan fingerprint density at radius 1 is 1.43 bits per heavy atom. The predicted octanol–water partition coefficient (Wildman–Crippen LogP) is 3.09. The summed E-state index contributed by atoms with van der Waals surface area (Å²) in [6.07, 6.45) is 6.11. The highest BCUT2D eigenvalue weighted by molar-refractivity contribution is 6.34. The van der Waals surface area contributed by atoms with E-state index in [9.17, 15) is 19.7 Å². The van der Waals surface area contributed by atoms with Crippen molar-refractivity contribution in [3.8, 4) is 0 Å². The van der Waals surface area contributed by atoms with Gasteiger partial charge in [0.25, 0.3) is 11.6 Å². The van der Waals surface area contributed by atoms with E-state index in [-0.39, 0.29) is 28.7 Å². The van der Waals surface area contributed by atoms with E-state index in [4.69, 9.17) is 16.3 Å². The minimum absolute atomic E-state index is 0.0370. The molecule has 1 aromatic rings. The second-order valence-corrected chi connectivity index (χ2v) is 5.51. The van der Waals surface area contributed by atoms with Gasteiger partial charge >= 0.3 is 5.97 Å². The van der Waals surface area contributed by atoms with E-state index in [0.717, 1.165) is 18.9 Å². The fourth-order valence-corrected chi connectivity index (χ4v) is 2.41. The largest absolute Gasteiger partial charge is 0.456 e. The van der Waals surface area contributed by atoms with Crippen LogP contribution in [0, 0.1) is 16.0 Å². The Kier molecular flexibility index (Phi) is 5.70. The summed E-state index contributed by atoms with van der Waals surface area (Å²) in [7, 11) is 0. The molecule has 2 rings (SSSR count). The van der Waals surface area contributed by atoms with E-state index in [2.05, 4.69) is 5.32 Å². The predicted molar refractivity (Wildman–Crippen MR) is 84.2 cm³/mol. The standard InChI is InChI=1S/C15H15ClN2O5/c16-12-8-11(18(21)22)5-6-13(12)17-14(19)9-23-15(20)7-10-3-1-2-4-10/h1,3,5-6,8,10H,2,4,7,9H2,(H,17,19)/t10-/m0/s1. The first-order chi connectivity index (χ1) is 11.0. The van der Waals surface area contributed by atoms with Gasteiger partial charge in [0.2, 0.25) is 0 Å². The van der Waals surface area contributed by atoms with E-state index in [0.29, 0.717) is 0 Å². The number of halogens is 1. The fraction of sp³-hybridized carbons (Fsp3) is 0.333. The van der Waals surface area contributed by atoms with Gasteiger partial charge in [-0.1, -0.05) is 23.8 Å². The summed E-state index contributed by atoms with van der Waals surface area (Å²) in [6, 6.07) is 3.68. The maximum absolute atomic E-state index is 11.7. The number of esters is 1. The highest BCUT2D eigenvalue weighted by Gasteiger charge is 2.17. The van der Waals surface area contributed by atoms with Crippen LogP contribution >= 0.6 is 11.6 Å². The van der Waals surface area contributed by atoms with Crippen molar-refractivity contribution in [2.75, 3.05) is 11.9 Å². The number of anilines is 1. The summed E-state index contributed by atoms with van der Waals surface area (Å²) in [5.41, 5.74) is 0.0427. The fourth-order valence-electron chi connectivity index (χ4n) is 2.19. The molecule has 0 saturated carbocycles. The zero-order chi connectivity index (χ0) is 16.8. The molecular weight excluding hydrogens is 324 g/mol. The number of nitro groups is 1. The van der Waals surface area contributed by atoms with Gasteiger partial charge in [0.05, 0.1) is 22.1 Å². The molecule has 1 aliphatic rings. The van der Waals surface area contributed by atoms with Gasteiger partial charge in [-0.25, -0.2) is 0 Å². The number of non-ortho nitro benzene ring substituents is 1. The van der Waals surface area contributed by atoms with Gasteiger partial charge in [0.15, 0.2) is 6.61 Å². The number of nitrogens with zero attached hydrogens (tertiary/aromatic N) is 1. The van der Waals surface area contributed by atoms with E-state index >= 15 is 0 Å². The second-order valence-electron chi connectivity index (χ2n) is 5.10. The second kappa shape index (κ2) is 7.73. The Hall–Kier alpha value is -2.41. The topological polar surface area (TPSA) is 98.5 Å². The van der Waals surface area contributed by atoms with Crippen molar-refractivity contribution in [1.82, 2.24) is 0 Å². The van der Waals surface area contributed by atoms with Gasteiger partial charge in [-0.3, -0.25) is 19.7 Å². The summed E-state index contributed by atoms with van der Waals surface area (Å²) in [5.74, 6) is -0.822. The van der Waals surface area contributed by atoms with Gasteiger partial charge in [0, 0.05) is 12.1 Å². The molecular formula is C15H15ClN2O5. The van der Waals surface area contributed by atoms with Gasteiger partial charge in [-0.2, -0.15) is 0 Å². The van der Waals surface area contributed by atoms with Crippen molar-refractivity contribution in [3.05, 3.63) is 45.5 Å². The van der Waals surface area contributed by atoms with Crippen LogP contribution in [0.4, 0.5) is 11.4 Å². The third-order valence-electron chi connectivity index (χ3n) is 3.34. The van der Waals surface area contributed by atoms with Crippen LogP contribution in [0.25, 0.3) is 0 Å². The number of ether oxygens (including phenoxy) is 1. The van der Waals surface area contributed by atoms with Crippen LogP contribution in [0.5, 0.6) is 0 Å². The van der Waals surface area contributed by atoms with Crippen LogP contribution in [0.15, 0.2) is 30.4 Å². The molecule has 0 spiro atoms. The quantitative estimate of drug-likeness (QED) is 0.372. The average molecular weight is 339 g/mol. The van der Waals surface area contributed by atoms with Gasteiger partial charge < -0.3 is 10.1 Å². The lowest BCUT2D eigenvalue weighted by molar-refractivity contribution is -0.384. The number of nitro benzene ring substituents is 1. The Bertz CT molecular complexity index is 659. The molecule has 122 valence electrons. The van der Waals surface area contributed by atoms with Crippen LogP contribution in [-0.4, -0.2) is 23.4 Å². The van der Waals surface area contributed by atoms with Crippen molar-refractivity contribution in [1.29, 1.82) is 0 Å². The molecule has 1 aromatic carbocycles. The number of nitrogens with one attached hydrogen (secondary N) is 1. The zero-order valence-electron chi connectivity index (χ0n) is 12.2. The molecule has 0 radical (unpaired) electrons. The van der Waals surface area contributed by atoms with E-state index < -0.39 is 23.4 Å². The molecule has 8 heteroatoms. The smallest absolute Gasteiger partial charge is 0.306 e. The molecule has 0 aliphatic heterocycles. The number of hydrogen-bond acceptors (Lipinski definition) is 5. The summed E-state index contributed by atoms with van der Waals surface area (Å²) >= 11 is 5.86. The van der Waals surface area contributed by atoms with Gasteiger partial charge in [-0.15, -0.1) is 0 Å². The Morgan fingerprint density at radius 2 is 2.22 bits per heavy atom. The van der Waals surface area contributed by atoms with Crippen molar-refractivity contribution in [2.24, 2.45) is 5.92 Å².